The van der Waals surface area contributed by atoms with Gasteiger partial charge in [-0.3, -0.25) is 0 Å². The van der Waals surface area contributed by atoms with Crippen LogP contribution >= 0.6 is 0 Å². The quantitative estimate of drug-likeness (QED) is 0.267. The number of rotatable bonds is 12. The number of sulfonamides is 1. The van der Waals surface area contributed by atoms with Gasteiger partial charge in [-0.2, -0.15) is 4.31 Å². The van der Waals surface area contributed by atoms with Gasteiger partial charge in [-0.1, -0.05) is 48.5 Å². The molecule has 3 aromatic rings. The normalized spacial score (nSPS) is 15.0. The van der Waals surface area contributed by atoms with E-state index in [0.29, 0.717) is 17.0 Å². The van der Waals surface area contributed by atoms with Crippen molar-refractivity contribution in [3.8, 4) is 11.1 Å². The standard InChI is InChI=1S/C32H37FN2O5S/c1-32(2,19-22-15-24-7-4-5-8-25(24)16-22)34-20-28(36)21-35(3)41(39,40)29-10-6-9-26(17-29)27-12-11-23(30(33)18-27)13-14-31(37)38/h4-14,17-18,22,28,34,36H,15-16,19-21H2,1-3H3,(H,37,38)/t28-/m1/s1. The van der Waals surface area contributed by atoms with E-state index < -0.39 is 27.9 Å². The Morgan fingerprint density at radius 2 is 1.73 bits per heavy atom. The predicted molar refractivity (Wildman–Crippen MR) is 158 cm³/mol. The summed E-state index contributed by atoms with van der Waals surface area (Å²) in [6, 6.07) is 19.0. The van der Waals surface area contributed by atoms with Gasteiger partial charge in [-0.05, 0) is 85.6 Å². The minimum atomic E-state index is -3.93. The molecule has 1 atom stereocenters. The number of aliphatic hydroxyl groups is 1. The number of nitrogens with one attached hydrogen (secondary N) is 1. The summed E-state index contributed by atoms with van der Waals surface area (Å²) in [7, 11) is -2.50. The Morgan fingerprint density at radius 1 is 1.07 bits per heavy atom. The maximum absolute atomic E-state index is 14.5. The molecule has 0 bridgehead atoms. The molecular formula is C32H37FN2O5S. The molecule has 0 spiro atoms. The monoisotopic (exact) mass is 580 g/mol. The van der Waals surface area contributed by atoms with Gasteiger partial charge in [-0.25, -0.2) is 17.6 Å². The molecule has 0 aromatic heterocycles. The van der Waals surface area contributed by atoms with Crippen molar-refractivity contribution in [2.75, 3.05) is 20.1 Å². The van der Waals surface area contributed by atoms with Crippen LogP contribution in [0.5, 0.6) is 0 Å². The topological polar surface area (TPSA) is 107 Å². The summed E-state index contributed by atoms with van der Waals surface area (Å²) in [6.45, 7) is 4.36. The first kappa shape index (κ1) is 30.6. The van der Waals surface area contributed by atoms with Gasteiger partial charge in [0, 0.05) is 37.3 Å². The molecule has 1 aliphatic rings. The largest absolute Gasteiger partial charge is 0.478 e. The van der Waals surface area contributed by atoms with E-state index in [2.05, 4.69) is 43.4 Å². The Hall–Kier alpha value is -3.37. The van der Waals surface area contributed by atoms with Crippen molar-refractivity contribution in [1.82, 2.24) is 9.62 Å². The van der Waals surface area contributed by atoms with Crippen LogP contribution in [0.2, 0.25) is 0 Å². The lowest BCUT2D eigenvalue weighted by Gasteiger charge is -2.31. The number of likely N-dealkylation sites (N-methyl/N-ethyl adjacent to an activating group) is 1. The third-order valence-corrected chi connectivity index (χ3v) is 9.32. The zero-order valence-corrected chi connectivity index (χ0v) is 24.4. The molecule has 0 unspecified atom stereocenters. The second-order valence-electron chi connectivity index (χ2n) is 11.4. The minimum absolute atomic E-state index is 0.0223. The van der Waals surface area contributed by atoms with E-state index in [9.17, 15) is 22.7 Å². The molecule has 0 heterocycles. The number of hydrogen-bond donors (Lipinski definition) is 3. The summed E-state index contributed by atoms with van der Waals surface area (Å²) >= 11 is 0. The first-order chi connectivity index (χ1) is 19.3. The average Bonchev–Trinajstić information content (AvgIpc) is 3.32. The highest BCUT2D eigenvalue weighted by molar-refractivity contribution is 7.89. The molecule has 4 rings (SSSR count). The second-order valence-corrected chi connectivity index (χ2v) is 13.4. The first-order valence-corrected chi connectivity index (χ1v) is 15.1. The van der Waals surface area contributed by atoms with E-state index >= 15 is 0 Å². The summed E-state index contributed by atoms with van der Waals surface area (Å²) in [6.07, 6.45) is 4.11. The van der Waals surface area contributed by atoms with Crippen LogP contribution in [0.25, 0.3) is 17.2 Å². The van der Waals surface area contributed by atoms with E-state index in [1.54, 1.807) is 18.2 Å². The molecule has 0 aliphatic heterocycles. The van der Waals surface area contributed by atoms with E-state index in [0.717, 1.165) is 35.7 Å². The Balaban J connectivity index is 1.35. The molecule has 7 nitrogen and oxygen atoms in total. The van der Waals surface area contributed by atoms with Gasteiger partial charge >= 0.3 is 5.97 Å². The van der Waals surface area contributed by atoms with Crippen molar-refractivity contribution < 1.29 is 27.8 Å². The number of carbonyl (C=O) groups is 1. The molecule has 3 aromatic carbocycles. The maximum Gasteiger partial charge on any atom is 0.328 e. The zero-order chi connectivity index (χ0) is 29.8. The number of carboxylic acid groups (broad SMARTS) is 1. The minimum Gasteiger partial charge on any atom is -0.478 e. The van der Waals surface area contributed by atoms with E-state index in [1.165, 1.54) is 42.4 Å². The highest BCUT2D eigenvalue weighted by Crippen LogP contribution is 2.32. The maximum atomic E-state index is 14.5. The fourth-order valence-corrected chi connectivity index (χ4v) is 6.72. The van der Waals surface area contributed by atoms with Crippen LogP contribution in [0.4, 0.5) is 4.39 Å². The number of fused-ring (bicyclic) bond motifs is 1. The first-order valence-electron chi connectivity index (χ1n) is 13.6. The van der Waals surface area contributed by atoms with E-state index in [-0.39, 0.29) is 29.1 Å². The van der Waals surface area contributed by atoms with Crippen LogP contribution in [0.1, 0.15) is 37.0 Å². The lowest BCUT2D eigenvalue weighted by Crippen LogP contribution is -2.47. The number of nitrogens with zero attached hydrogens (tertiary/aromatic N) is 1. The van der Waals surface area contributed by atoms with Crippen molar-refractivity contribution in [3.63, 3.8) is 0 Å². The van der Waals surface area contributed by atoms with Crippen molar-refractivity contribution >= 4 is 22.1 Å². The van der Waals surface area contributed by atoms with Crippen molar-refractivity contribution in [1.29, 1.82) is 0 Å². The van der Waals surface area contributed by atoms with Gasteiger partial charge in [0.25, 0.3) is 0 Å². The SMILES string of the molecule is CN(C[C@H](O)CNC(C)(C)CC1Cc2ccccc2C1)S(=O)(=O)c1cccc(-c2ccc(C=CC(=O)O)c(F)c2)c1. The Bertz CT molecular complexity index is 1510. The van der Waals surface area contributed by atoms with Crippen LogP contribution < -0.4 is 5.32 Å². The molecule has 0 amide bonds. The van der Waals surface area contributed by atoms with Gasteiger partial charge in [-0.15, -0.1) is 0 Å². The smallest absolute Gasteiger partial charge is 0.328 e. The van der Waals surface area contributed by atoms with Crippen molar-refractivity contribution in [3.05, 3.63) is 95.3 Å². The van der Waals surface area contributed by atoms with Crippen molar-refractivity contribution in [2.24, 2.45) is 5.92 Å². The zero-order valence-electron chi connectivity index (χ0n) is 23.5. The van der Waals surface area contributed by atoms with Crippen LogP contribution in [0.3, 0.4) is 0 Å². The molecular weight excluding hydrogens is 543 g/mol. The molecule has 3 N–H and O–H groups in total. The number of hydrogen-bond acceptors (Lipinski definition) is 5. The molecule has 0 radical (unpaired) electrons. The van der Waals surface area contributed by atoms with Crippen LogP contribution in [-0.2, 0) is 27.7 Å². The fraction of sp³-hybridized carbons (Fsp3) is 0.344. The van der Waals surface area contributed by atoms with E-state index in [4.69, 9.17) is 5.11 Å². The van der Waals surface area contributed by atoms with Crippen LogP contribution in [-0.4, -0.2) is 60.7 Å². The number of carboxylic acids is 1. The second kappa shape index (κ2) is 12.7. The van der Waals surface area contributed by atoms with Gasteiger partial charge in [0.1, 0.15) is 5.82 Å². The van der Waals surface area contributed by atoms with Gasteiger partial charge in [0.15, 0.2) is 0 Å². The summed E-state index contributed by atoms with van der Waals surface area (Å²) in [5, 5.41) is 22.9. The molecule has 41 heavy (non-hydrogen) atoms. The highest BCUT2D eigenvalue weighted by atomic mass is 32.2. The number of benzene rings is 3. The fourth-order valence-electron chi connectivity index (χ4n) is 5.46. The summed E-state index contributed by atoms with van der Waals surface area (Å²) in [5.41, 5.74) is 3.63. The van der Waals surface area contributed by atoms with Crippen LogP contribution in [0.15, 0.2) is 77.7 Å². The van der Waals surface area contributed by atoms with E-state index in [1.807, 2.05) is 0 Å². The Morgan fingerprint density at radius 3 is 2.37 bits per heavy atom. The number of β-amino-alcohol motifs (C(OH)–C–C–N with tert-alkyl or cyclic N) is 1. The summed E-state index contributed by atoms with van der Waals surface area (Å²) in [4.78, 5) is 10.7. The third kappa shape index (κ3) is 7.89. The van der Waals surface area contributed by atoms with Crippen LogP contribution in [0, 0.1) is 11.7 Å². The van der Waals surface area contributed by atoms with Gasteiger partial charge < -0.3 is 15.5 Å². The van der Waals surface area contributed by atoms with Gasteiger partial charge in [0.2, 0.25) is 10.0 Å². The third-order valence-electron chi connectivity index (χ3n) is 7.50. The highest BCUT2D eigenvalue weighted by Gasteiger charge is 2.29. The van der Waals surface area contributed by atoms with Gasteiger partial charge in [0.05, 0.1) is 11.0 Å². The lowest BCUT2D eigenvalue weighted by molar-refractivity contribution is -0.131. The summed E-state index contributed by atoms with van der Waals surface area (Å²) < 4.78 is 42.3. The Labute approximate surface area is 241 Å². The molecule has 9 heteroatoms. The van der Waals surface area contributed by atoms with Crippen molar-refractivity contribution in [2.45, 2.75) is 49.6 Å². The Kier molecular flexibility index (Phi) is 9.44. The molecule has 218 valence electrons. The summed E-state index contributed by atoms with van der Waals surface area (Å²) in [5.74, 6) is -1.29. The predicted octanol–water partition coefficient (Wildman–Crippen LogP) is 4.75. The molecule has 1 aliphatic carbocycles. The number of aliphatic carboxylic acids is 1. The molecule has 0 saturated carbocycles. The molecule has 0 fully saturated rings. The number of halogens is 1. The number of aliphatic hydroxyl groups excluding tert-OH is 1. The molecule has 0 saturated heterocycles. The average molecular weight is 581 g/mol. The lowest BCUT2D eigenvalue weighted by atomic mass is 9.88.